The van der Waals surface area contributed by atoms with Crippen molar-refractivity contribution in [3.05, 3.63) is 29.3 Å². The number of piperidine rings is 1. The number of nitrogens with zero attached hydrogens (tertiary/aromatic N) is 2. The van der Waals surface area contributed by atoms with Crippen molar-refractivity contribution >= 4 is 15.9 Å². The summed E-state index contributed by atoms with van der Waals surface area (Å²) < 4.78 is 33.4. The van der Waals surface area contributed by atoms with Gasteiger partial charge in [0.05, 0.1) is 18.1 Å². The van der Waals surface area contributed by atoms with Gasteiger partial charge in [-0.2, -0.15) is 4.31 Å². The van der Waals surface area contributed by atoms with Gasteiger partial charge in [-0.25, -0.2) is 8.42 Å². The summed E-state index contributed by atoms with van der Waals surface area (Å²) in [7, 11) is -3.53. The van der Waals surface area contributed by atoms with E-state index in [1.807, 2.05) is 26.0 Å². The fourth-order valence-electron chi connectivity index (χ4n) is 5.83. The van der Waals surface area contributed by atoms with Crippen molar-refractivity contribution < 1.29 is 17.9 Å². The van der Waals surface area contributed by atoms with Crippen LogP contribution in [0.15, 0.2) is 23.1 Å². The van der Waals surface area contributed by atoms with Gasteiger partial charge in [-0.3, -0.25) is 9.69 Å². The maximum absolute atomic E-state index is 13.2. The van der Waals surface area contributed by atoms with E-state index in [0.29, 0.717) is 37.4 Å². The second kappa shape index (κ2) is 10.4. The summed E-state index contributed by atoms with van der Waals surface area (Å²) in [5.74, 6) is -0.0438. The molecule has 1 N–H and O–H groups in total. The largest absolute Gasteiger partial charge is 0.379 e. The number of ether oxygens (including phenoxy) is 1. The second-order valence-corrected chi connectivity index (χ2v) is 12.0. The molecule has 184 valence electrons. The fraction of sp³-hybridized carbons (Fsp3) is 0.720. The molecule has 0 atom stereocenters. The number of benzene rings is 1. The molecule has 1 aromatic rings. The van der Waals surface area contributed by atoms with Crippen molar-refractivity contribution in [1.29, 1.82) is 0 Å². The van der Waals surface area contributed by atoms with Crippen LogP contribution in [0.2, 0.25) is 0 Å². The van der Waals surface area contributed by atoms with E-state index in [9.17, 15) is 13.2 Å². The fourth-order valence-corrected chi connectivity index (χ4v) is 7.51. The number of hydrogen-bond donors (Lipinski definition) is 1. The molecule has 2 aliphatic heterocycles. The average Bonchev–Trinajstić information content (AvgIpc) is 2.83. The molecule has 0 unspecified atom stereocenters. The zero-order chi connectivity index (χ0) is 23.5. The number of rotatable bonds is 6. The van der Waals surface area contributed by atoms with E-state index in [-0.39, 0.29) is 17.4 Å². The van der Waals surface area contributed by atoms with Crippen LogP contribution in [0.3, 0.4) is 0 Å². The lowest BCUT2D eigenvalue weighted by atomic mass is 9.79. The highest BCUT2D eigenvalue weighted by molar-refractivity contribution is 7.89. The minimum atomic E-state index is -3.53. The molecule has 1 amide bonds. The molecule has 2 saturated heterocycles. The van der Waals surface area contributed by atoms with Gasteiger partial charge in [-0.15, -0.1) is 0 Å². The van der Waals surface area contributed by atoms with Gasteiger partial charge < -0.3 is 10.1 Å². The van der Waals surface area contributed by atoms with Crippen molar-refractivity contribution in [2.45, 2.75) is 69.2 Å². The zero-order valence-electron chi connectivity index (χ0n) is 20.1. The first kappa shape index (κ1) is 24.6. The normalized spacial score (nSPS) is 23.3. The van der Waals surface area contributed by atoms with E-state index in [4.69, 9.17) is 4.74 Å². The van der Waals surface area contributed by atoms with Crippen molar-refractivity contribution in [3.8, 4) is 0 Å². The first-order valence-corrected chi connectivity index (χ1v) is 13.9. The molecule has 4 rings (SSSR count). The van der Waals surface area contributed by atoms with Crippen LogP contribution in [0.25, 0.3) is 0 Å². The van der Waals surface area contributed by atoms with Crippen LogP contribution in [0.5, 0.6) is 0 Å². The van der Waals surface area contributed by atoms with Crippen molar-refractivity contribution in [3.63, 3.8) is 0 Å². The molecule has 33 heavy (non-hydrogen) atoms. The molecule has 0 aromatic heterocycles. The van der Waals surface area contributed by atoms with Gasteiger partial charge in [0.2, 0.25) is 15.9 Å². The number of sulfonamides is 1. The molecule has 1 aromatic carbocycles. The Balaban J connectivity index is 1.34. The standard InChI is InChI=1S/C25H39N3O4S/c1-20-6-7-23(21(2)18-20)33(30,31)28-12-8-22(9-13-28)24(29)26-19-25(10-4-3-5-11-25)27-14-16-32-17-15-27/h6-7,18,22H,3-5,8-17,19H2,1-2H3,(H,26,29). The molecule has 0 radical (unpaired) electrons. The Bertz CT molecular complexity index is 929. The van der Waals surface area contributed by atoms with Crippen molar-refractivity contribution in [1.82, 2.24) is 14.5 Å². The van der Waals surface area contributed by atoms with Gasteiger partial charge >= 0.3 is 0 Å². The molecule has 0 spiro atoms. The Hall–Kier alpha value is -1.48. The molecule has 1 saturated carbocycles. The van der Waals surface area contributed by atoms with Crippen LogP contribution in [0, 0.1) is 19.8 Å². The topological polar surface area (TPSA) is 79.0 Å². The van der Waals surface area contributed by atoms with Gasteiger partial charge in [0, 0.05) is 44.2 Å². The van der Waals surface area contributed by atoms with Gasteiger partial charge in [-0.05, 0) is 51.2 Å². The van der Waals surface area contributed by atoms with E-state index in [0.717, 1.165) is 50.3 Å². The third kappa shape index (κ3) is 5.45. The molecule has 3 fully saturated rings. The number of carbonyl (C=O) groups is 1. The third-order valence-electron chi connectivity index (χ3n) is 7.83. The maximum atomic E-state index is 13.2. The molecule has 7 nitrogen and oxygen atoms in total. The SMILES string of the molecule is Cc1ccc(S(=O)(=O)N2CCC(C(=O)NCC3(N4CCOCC4)CCCCC3)CC2)c(C)c1. The monoisotopic (exact) mass is 477 g/mol. The number of amides is 1. The van der Waals surface area contributed by atoms with E-state index in [1.54, 1.807) is 10.4 Å². The van der Waals surface area contributed by atoms with E-state index in [2.05, 4.69) is 10.2 Å². The Morgan fingerprint density at radius 3 is 2.36 bits per heavy atom. The second-order valence-electron chi connectivity index (χ2n) is 10.0. The van der Waals surface area contributed by atoms with Crippen LogP contribution >= 0.6 is 0 Å². The van der Waals surface area contributed by atoms with E-state index in [1.165, 1.54) is 19.3 Å². The number of morpholine rings is 1. The summed E-state index contributed by atoms with van der Waals surface area (Å²) in [5, 5.41) is 3.27. The number of carbonyl (C=O) groups excluding carboxylic acids is 1. The predicted octanol–water partition coefficient (Wildman–Crippen LogP) is 2.86. The van der Waals surface area contributed by atoms with Crippen molar-refractivity contribution in [2.24, 2.45) is 5.92 Å². The third-order valence-corrected chi connectivity index (χ3v) is 9.89. The van der Waals surface area contributed by atoms with Gasteiger partial charge in [-0.1, -0.05) is 37.0 Å². The molecule has 3 aliphatic rings. The number of aryl methyl sites for hydroxylation is 2. The van der Waals surface area contributed by atoms with Crippen LogP contribution < -0.4 is 5.32 Å². The van der Waals surface area contributed by atoms with Gasteiger partial charge in [0.1, 0.15) is 0 Å². The summed E-state index contributed by atoms with van der Waals surface area (Å²) in [6.07, 6.45) is 7.08. The quantitative estimate of drug-likeness (QED) is 0.682. The Labute approximate surface area is 198 Å². The maximum Gasteiger partial charge on any atom is 0.243 e. The summed E-state index contributed by atoms with van der Waals surface area (Å²) in [5.41, 5.74) is 1.87. The Kier molecular flexibility index (Phi) is 7.78. The lowest BCUT2D eigenvalue weighted by molar-refractivity contribution is -0.127. The lowest BCUT2D eigenvalue weighted by Gasteiger charge is -2.48. The first-order valence-electron chi connectivity index (χ1n) is 12.5. The Morgan fingerprint density at radius 2 is 1.73 bits per heavy atom. The minimum Gasteiger partial charge on any atom is -0.379 e. The van der Waals surface area contributed by atoms with Crippen LogP contribution in [-0.4, -0.2) is 75.0 Å². The summed E-state index contributed by atoms with van der Waals surface area (Å²) in [6, 6.07) is 5.45. The molecule has 0 bridgehead atoms. The highest BCUT2D eigenvalue weighted by atomic mass is 32.2. The molecule has 2 heterocycles. The molecular weight excluding hydrogens is 438 g/mol. The number of hydrogen-bond acceptors (Lipinski definition) is 5. The summed E-state index contributed by atoms with van der Waals surface area (Å²) in [4.78, 5) is 16.0. The predicted molar refractivity (Wildman–Crippen MR) is 129 cm³/mol. The lowest BCUT2D eigenvalue weighted by Crippen LogP contribution is -2.60. The van der Waals surface area contributed by atoms with E-state index >= 15 is 0 Å². The minimum absolute atomic E-state index is 0.0463. The smallest absolute Gasteiger partial charge is 0.243 e. The van der Waals surface area contributed by atoms with Gasteiger partial charge in [0.25, 0.3) is 0 Å². The number of nitrogens with one attached hydrogen (secondary N) is 1. The molecule has 8 heteroatoms. The highest BCUT2D eigenvalue weighted by Crippen LogP contribution is 2.34. The molecule has 1 aliphatic carbocycles. The molecular formula is C25H39N3O4S. The van der Waals surface area contributed by atoms with Crippen LogP contribution in [0.4, 0.5) is 0 Å². The van der Waals surface area contributed by atoms with Crippen LogP contribution in [-0.2, 0) is 19.6 Å². The summed E-state index contributed by atoms with van der Waals surface area (Å²) in [6.45, 7) is 8.68. The Morgan fingerprint density at radius 1 is 1.06 bits per heavy atom. The van der Waals surface area contributed by atoms with Gasteiger partial charge in [0.15, 0.2) is 0 Å². The first-order chi connectivity index (χ1) is 15.8. The summed E-state index contributed by atoms with van der Waals surface area (Å²) >= 11 is 0. The van der Waals surface area contributed by atoms with E-state index < -0.39 is 10.0 Å². The van der Waals surface area contributed by atoms with Crippen molar-refractivity contribution in [2.75, 3.05) is 45.9 Å². The van der Waals surface area contributed by atoms with Crippen LogP contribution in [0.1, 0.15) is 56.1 Å². The zero-order valence-corrected chi connectivity index (χ0v) is 21.0. The highest BCUT2D eigenvalue weighted by Gasteiger charge is 2.40. The average molecular weight is 478 g/mol.